The first-order valence-corrected chi connectivity index (χ1v) is 15.1. The van der Waals surface area contributed by atoms with Gasteiger partial charge in [0.15, 0.2) is 9.84 Å². The summed E-state index contributed by atoms with van der Waals surface area (Å²) in [5.41, 5.74) is 5.25. The van der Waals surface area contributed by atoms with Crippen molar-refractivity contribution in [3.05, 3.63) is 82.9 Å². The Morgan fingerprint density at radius 3 is 2.38 bits per heavy atom. The van der Waals surface area contributed by atoms with E-state index in [1.807, 2.05) is 61.2 Å². The van der Waals surface area contributed by atoms with E-state index in [-0.39, 0.29) is 17.4 Å². The minimum Gasteiger partial charge on any atom is -0.497 e. The molecule has 2 aliphatic rings. The molecular weight excluding hydrogens is 528 g/mol. The smallest absolute Gasteiger partial charge is 0.254 e. The average molecular weight is 563 g/mol. The monoisotopic (exact) mass is 562 g/mol. The Morgan fingerprint density at radius 2 is 1.68 bits per heavy atom. The van der Waals surface area contributed by atoms with Crippen molar-refractivity contribution in [3.63, 3.8) is 0 Å². The number of benzene rings is 3. The average Bonchev–Trinajstić information content (AvgIpc) is 2.94. The summed E-state index contributed by atoms with van der Waals surface area (Å²) in [6.45, 7) is 6.37. The molecule has 2 heterocycles. The molecule has 3 aromatic rings. The topological polar surface area (TPSA) is 108 Å². The number of nitrogens with one attached hydrogen (secondary N) is 2. The maximum atomic E-state index is 13.2. The maximum Gasteiger partial charge on any atom is 0.254 e. The zero-order valence-corrected chi connectivity index (χ0v) is 23.8. The molecule has 0 bridgehead atoms. The van der Waals surface area contributed by atoms with Crippen LogP contribution in [0.5, 0.6) is 5.75 Å². The molecule has 0 unspecified atom stereocenters. The molecule has 0 radical (unpaired) electrons. The Kier molecular flexibility index (Phi) is 7.71. The van der Waals surface area contributed by atoms with Gasteiger partial charge in [0.05, 0.1) is 30.0 Å². The second-order valence-corrected chi connectivity index (χ2v) is 12.5. The van der Waals surface area contributed by atoms with Gasteiger partial charge in [-0.3, -0.25) is 9.59 Å². The van der Waals surface area contributed by atoms with E-state index in [0.717, 1.165) is 28.1 Å². The summed E-state index contributed by atoms with van der Waals surface area (Å²) in [6.07, 6.45) is 0. The Labute approximate surface area is 235 Å². The van der Waals surface area contributed by atoms with Crippen LogP contribution in [0, 0.1) is 13.8 Å². The molecule has 2 amide bonds. The molecule has 1 saturated heterocycles. The van der Waals surface area contributed by atoms with Crippen molar-refractivity contribution in [1.82, 2.24) is 4.90 Å². The first-order valence-electron chi connectivity index (χ1n) is 13.3. The maximum absolute atomic E-state index is 13.2. The van der Waals surface area contributed by atoms with Crippen LogP contribution in [0.25, 0.3) is 0 Å². The van der Waals surface area contributed by atoms with Crippen molar-refractivity contribution in [3.8, 4) is 5.75 Å². The van der Waals surface area contributed by atoms with Crippen molar-refractivity contribution in [2.24, 2.45) is 0 Å². The first-order chi connectivity index (χ1) is 19.1. The number of fused-ring (bicyclic) bond motifs is 1. The van der Waals surface area contributed by atoms with E-state index in [1.165, 1.54) is 0 Å². The minimum atomic E-state index is -3.57. The lowest BCUT2D eigenvalue weighted by Gasteiger charge is -2.36. The zero-order valence-electron chi connectivity index (χ0n) is 22.9. The molecule has 0 spiro atoms. The Hall–Kier alpha value is -4.05. The lowest BCUT2D eigenvalue weighted by molar-refractivity contribution is -0.116. The van der Waals surface area contributed by atoms with Gasteiger partial charge in [-0.15, -0.1) is 0 Å². The standard InChI is InChI=1S/C30H34N4O5S/c1-20-4-5-21(2)23(16-20)18-40(37,38)19-28-29(35)32-27-17-22(6-11-26(27)31-28)30(36)34-14-12-33(13-15-34)24-7-9-25(39-3)10-8-24/h4-11,16-17,28,31H,12-15,18-19H2,1-3H3,(H,32,35)/t28-/m1/s1. The Morgan fingerprint density at radius 1 is 0.950 bits per heavy atom. The summed E-state index contributed by atoms with van der Waals surface area (Å²) in [4.78, 5) is 30.1. The van der Waals surface area contributed by atoms with E-state index in [1.54, 1.807) is 25.3 Å². The van der Waals surface area contributed by atoms with Crippen LogP contribution >= 0.6 is 0 Å². The third kappa shape index (κ3) is 6.07. The number of hydrogen-bond acceptors (Lipinski definition) is 7. The van der Waals surface area contributed by atoms with Gasteiger partial charge in [0.2, 0.25) is 5.91 Å². The van der Waals surface area contributed by atoms with Gasteiger partial charge in [-0.25, -0.2) is 8.42 Å². The van der Waals surface area contributed by atoms with E-state index in [0.29, 0.717) is 43.1 Å². The molecule has 1 fully saturated rings. The van der Waals surface area contributed by atoms with Crippen molar-refractivity contribution in [2.75, 3.05) is 54.6 Å². The number of piperazine rings is 1. The third-order valence-electron chi connectivity index (χ3n) is 7.48. The summed E-state index contributed by atoms with van der Waals surface area (Å²) in [7, 11) is -1.93. The SMILES string of the molecule is COc1ccc(N2CCN(C(=O)c3ccc4c(c3)NC(=O)[C@@H](CS(=O)(=O)Cc3cc(C)ccc3C)N4)CC2)cc1. The molecule has 0 aromatic heterocycles. The summed E-state index contributed by atoms with van der Waals surface area (Å²) >= 11 is 0. The van der Waals surface area contributed by atoms with Crippen LogP contribution in [0.15, 0.2) is 60.7 Å². The molecule has 5 rings (SSSR count). The van der Waals surface area contributed by atoms with Crippen molar-refractivity contribution in [1.29, 1.82) is 0 Å². The van der Waals surface area contributed by atoms with E-state index in [4.69, 9.17) is 4.74 Å². The number of ether oxygens (including phenoxy) is 1. The largest absolute Gasteiger partial charge is 0.497 e. The molecule has 0 aliphatic carbocycles. The predicted octanol–water partition coefficient (Wildman–Crippen LogP) is 3.62. The fourth-order valence-corrected chi connectivity index (χ4v) is 6.79. The molecular formula is C30H34N4O5S. The second-order valence-electron chi connectivity index (χ2n) is 10.4. The normalized spacial score (nSPS) is 17.1. The van der Waals surface area contributed by atoms with Gasteiger partial charge in [-0.2, -0.15) is 0 Å². The fraction of sp³-hybridized carbons (Fsp3) is 0.333. The number of nitrogens with zero attached hydrogens (tertiary/aromatic N) is 2. The molecule has 9 nitrogen and oxygen atoms in total. The Bertz CT molecular complexity index is 1530. The van der Waals surface area contributed by atoms with Crippen molar-refractivity contribution < 1.29 is 22.7 Å². The molecule has 2 aliphatic heterocycles. The summed E-state index contributed by atoms with van der Waals surface area (Å²) in [5, 5.41) is 5.86. The third-order valence-corrected chi connectivity index (χ3v) is 9.07. The van der Waals surface area contributed by atoms with E-state index >= 15 is 0 Å². The number of amides is 2. The molecule has 0 saturated carbocycles. The van der Waals surface area contributed by atoms with Gasteiger partial charge in [0, 0.05) is 37.4 Å². The van der Waals surface area contributed by atoms with Crippen LogP contribution in [0.3, 0.4) is 0 Å². The van der Waals surface area contributed by atoms with Crippen molar-refractivity contribution in [2.45, 2.75) is 25.6 Å². The van der Waals surface area contributed by atoms with Gasteiger partial charge in [0.25, 0.3) is 5.91 Å². The number of sulfone groups is 1. The van der Waals surface area contributed by atoms with Crippen LogP contribution in [-0.2, 0) is 20.4 Å². The number of carbonyl (C=O) groups excluding carboxylic acids is 2. The molecule has 40 heavy (non-hydrogen) atoms. The highest BCUT2D eigenvalue weighted by Gasteiger charge is 2.31. The molecule has 10 heteroatoms. The highest BCUT2D eigenvalue weighted by atomic mass is 32.2. The number of carbonyl (C=O) groups is 2. The van der Waals surface area contributed by atoms with Gasteiger partial charge in [0.1, 0.15) is 11.8 Å². The fourth-order valence-electron chi connectivity index (χ4n) is 5.15. The highest BCUT2D eigenvalue weighted by molar-refractivity contribution is 7.90. The van der Waals surface area contributed by atoms with Gasteiger partial charge in [-0.05, 0) is 67.4 Å². The van der Waals surface area contributed by atoms with Crippen LogP contribution in [0.4, 0.5) is 17.1 Å². The number of anilines is 3. The minimum absolute atomic E-state index is 0.107. The number of rotatable bonds is 7. The molecule has 3 aromatic carbocycles. The summed E-state index contributed by atoms with van der Waals surface area (Å²) in [6, 6.07) is 17.8. The molecule has 1 atom stereocenters. The molecule has 210 valence electrons. The zero-order chi connectivity index (χ0) is 28.4. The summed E-state index contributed by atoms with van der Waals surface area (Å²) in [5.74, 6) is -0.195. The second kappa shape index (κ2) is 11.2. The lowest BCUT2D eigenvalue weighted by atomic mass is 10.1. The highest BCUT2D eigenvalue weighted by Crippen LogP contribution is 2.30. The van der Waals surface area contributed by atoms with E-state index in [2.05, 4.69) is 15.5 Å². The van der Waals surface area contributed by atoms with Crippen LogP contribution < -0.4 is 20.3 Å². The lowest BCUT2D eigenvalue weighted by Crippen LogP contribution is -2.49. The summed E-state index contributed by atoms with van der Waals surface area (Å²) < 4.78 is 31.2. The number of methoxy groups -OCH3 is 1. The van der Waals surface area contributed by atoms with E-state index in [9.17, 15) is 18.0 Å². The first kappa shape index (κ1) is 27.5. The van der Waals surface area contributed by atoms with Crippen LogP contribution in [0.1, 0.15) is 27.0 Å². The van der Waals surface area contributed by atoms with Crippen molar-refractivity contribution >= 4 is 38.7 Å². The van der Waals surface area contributed by atoms with Crippen LogP contribution in [-0.4, -0.2) is 70.2 Å². The number of hydrogen-bond donors (Lipinski definition) is 2. The predicted molar refractivity (Wildman–Crippen MR) is 157 cm³/mol. The van der Waals surface area contributed by atoms with E-state index < -0.39 is 21.8 Å². The molecule has 2 N–H and O–H groups in total. The number of aryl methyl sites for hydroxylation is 2. The van der Waals surface area contributed by atoms with Gasteiger partial charge < -0.3 is 25.2 Å². The van der Waals surface area contributed by atoms with Gasteiger partial charge >= 0.3 is 0 Å². The quantitative estimate of drug-likeness (QED) is 0.453. The Balaban J connectivity index is 1.21. The van der Waals surface area contributed by atoms with Gasteiger partial charge in [-0.1, -0.05) is 23.8 Å². The van der Waals surface area contributed by atoms with Crippen LogP contribution in [0.2, 0.25) is 0 Å².